The van der Waals surface area contributed by atoms with Crippen LogP contribution >= 0.6 is 23.8 Å². The maximum absolute atomic E-state index is 13.9. The molecule has 28 heavy (non-hydrogen) atoms. The predicted octanol–water partition coefficient (Wildman–Crippen LogP) is 5.81. The van der Waals surface area contributed by atoms with Gasteiger partial charge in [-0.2, -0.15) is 0 Å². The molecule has 146 valence electrons. The van der Waals surface area contributed by atoms with E-state index in [1.807, 2.05) is 22.8 Å². The normalized spacial score (nSPS) is 15.9. The highest BCUT2D eigenvalue weighted by Gasteiger charge is 2.28. The molecule has 0 aliphatic heterocycles. The molecule has 7 heteroatoms. The molecular formula is C21H20ClFN2O2S. The second-order valence-corrected chi connectivity index (χ2v) is 7.58. The molecule has 0 radical (unpaired) electrons. The molecule has 1 N–H and O–H groups in total. The molecule has 4 rings (SSSR count). The van der Waals surface area contributed by atoms with E-state index in [0.717, 1.165) is 41.9 Å². The minimum atomic E-state index is -0.402. The van der Waals surface area contributed by atoms with Crippen molar-refractivity contribution in [3.63, 3.8) is 0 Å². The molecule has 0 fully saturated rings. The standard InChI is InChI=1S/C21H20ClFN2O2S/c1-26-18-10-12(6-8-15(18)22)14-4-3-5-17-20(14)25(21(28)24-17)13-7-9-16(23)19(11-13)27-2/h6-11,14H,3-5H2,1-2H3,(H,24,28). The van der Waals surface area contributed by atoms with E-state index in [4.69, 9.17) is 33.3 Å². The molecule has 1 aliphatic rings. The average molecular weight is 419 g/mol. The van der Waals surface area contributed by atoms with Crippen LogP contribution < -0.4 is 9.47 Å². The van der Waals surface area contributed by atoms with Crippen molar-refractivity contribution < 1.29 is 13.9 Å². The number of hydrogen-bond donors (Lipinski definition) is 1. The van der Waals surface area contributed by atoms with E-state index < -0.39 is 5.82 Å². The average Bonchev–Trinajstić information content (AvgIpc) is 3.04. The van der Waals surface area contributed by atoms with Crippen molar-refractivity contribution in [2.45, 2.75) is 25.2 Å². The zero-order valence-electron chi connectivity index (χ0n) is 15.6. The summed E-state index contributed by atoms with van der Waals surface area (Å²) in [7, 11) is 3.07. The van der Waals surface area contributed by atoms with Crippen LogP contribution in [0.4, 0.5) is 4.39 Å². The second-order valence-electron chi connectivity index (χ2n) is 6.79. The van der Waals surface area contributed by atoms with Crippen LogP contribution in [0, 0.1) is 10.6 Å². The third-order valence-corrected chi connectivity index (χ3v) is 5.83. The number of aryl methyl sites for hydroxylation is 1. The highest BCUT2D eigenvalue weighted by Crippen LogP contribution is 2.40. The third kappa shape index (κ3) is 3.20. The third-order valence-electron chi connectivity index (χ3n) is 5.23. The first kappa shape index (κ1) is 19.0. The largest absolute Gasteiger partial charge is 0.495 e. The van der Waals surface area contributed by atoms with Crippen LogP contribution in [0.25, 0.3) is 5.69 Å². The minimum Gasteiger partial charge on any atom is -0.495 e. The van der Waals surface area contributed by atoms with Gasteiger partial charge in [-0.05, 0) is 61.3 Å². The van der Waals surface area contributed by atoms with Crippen molar-refractivity contribution in [1.29, 1.82) is 0 Å². The van der Waals surface area contributed by atoms with Gasteiger partial charge in [-0.1, -0.05) is 17.7 Å². The van der Waals surface area contributed by atoms with E-state index in [1.165, 1.54) is 13.2 Å². The van der Waals surface area contributed by atoms with Crippen LogP contribution in [0.15, 0.2) is 36.4 Å². The molecule has 1 aromatic heterocycles. The summed E-state index contributed by atoms with van der Waals surface area (Å²) in [5.41, 5.74) is 4.08. The van der Waals surface area contributed by atoms with Crippen molar-refractivity contribution in [3.05, 3.63) is 69.0 Å². The molecule has 0 amide bonds. The maximum atomic E-state index is 13.9. The van der Waals surface area contributed by atoms with E-state index in [9.17, 15) is 4.39 Å². The molecule has 1 heterocycles. The Morgan fingerprint density at radius 1 is 1.14 bits per heavy atom. The molecule has 0 bridgehead atoms. The summed E-state index contributed by atoms with van der Waals surface area (Å²) >= 11 is 11.8. The molecule has 0 spiro atoms. The number of methoxy groups -OCH3 is 2. The topological polar surface area (TPSA) is 39.2 Å². The van der Waals surface area contributed by atoms with Gasteiger partial charge in [0.25, 0.3) is 0 Å². The lowest BCUT2D eigenvalue weighted by atomic mass is 9.84. The van der Waals surface area contributed by atoms with Gasteiger partial charge in [0.15, 0.2) is 16.3 Å². The Morgan fingerprint density at radius 3 is 2.68 bits per heavy atom. The number of aromatic nitrogens is 2. The van der Waals surface area contributed by atoms with Crippen LogP contribution in [0.3, 0.4) is 0 Å². The Balaban J connectivity index is 1.89. The molecule has 3 aromatic rings. The predicted molar refractivity (Wildman–Crippen MR) is 110 cm³/mol. The van der Waals surface area contributed by atoms with Gasteiger partial charge in [0, 0.05) is 17.7 Å². The minimum absolute atomic E-state index is 0.124. The Bertz CT molecular complexity index is 1090. The number of nitrogens with one attached hydrogen (secondary N) is 1. The van der Waals surface area contributed by atoms with Crippen molar-refractivity contribution in [1.82, 2.24) is 9.55 Å². The highest BCUT2D eigenvalue weighted by molar-refractivity contribution is 7.71. The van der Waals surface area contributed by atoms with E-state index in [1.54, 1.807) is 19.2 Å². The fraction of sp³-hybridized carbons (Fsp3) is 0.286. The summed E-state index contributed by atoms with van der Waals surface area (Å²) in [5.74, 6) is 0.561. The first-order valence-electron chi connectivity index (χ1n) is 9.04. The van der Waals surface area contributed by atoms with E-state index >= 15 is 0 Å². The van der Waals surface area contributed by atoms with E-state index in [-0.39, 0.29) is 11.7 Å². The van der Waals surface area contributed by atoms with Gasteiger partial charge < -0.3 is 14.5 Å². The summed E-state index contributed by atoms with van der Waals surface area (Å²) in [6.45, 7) is 0. The molecule has 0 saturated heterocycles. The Labute approximate surface area is 172 Å². The zero-order valence-corrected chi connectivity index (χ0v) is 17.2. The summed E-state index contributed by atoms with van der Waals surface area (Å²) in [6, 6.07) is 10.7. The lowest BCUT2D eigenvalue weighted by molar-refractivity contribution is 0.386. The number of H-pyrrole nitrogens is 1. The van der Waals surface area contributed by atoms with Crippen LogP contribution in [0.5, 0.6) is 11.5 Å². The second kappa shape index (κ2) is 7.60. The van der Waals surface area contributed by atoms with Gasteiger partial charge >= 0.3 is 0 Å². The van der Waals surface area contributed by atoms with E-state index in [2.05, 4.69) is 4.98 Å². The lowest BCUT2D eigenvalue weighted by Crippen LogP contribution is -2.15. The number of ether oxygens (including phenoxy) is 2. The number of fused-ring (bicyclic) bond motifs is 1. The summed E-state index contributed by atoms with van der Waals surface area (Å²) in [5, 5.41) is 0.580. The van der Waals surface area contributed by atoms with Crippen molar-refractivity contribution in [2.75, 3.05) is 14.2 Å². The van der Waals surface area contributed by atoms with E-state index in [0.29, 0.717) is 15.5 Å². The van der Waals surface area contributed by atoms with Gasteiger partial charge in [0.2, 0.25) is 0 Å². The van der Waals surface area contributed by atoms with Crippen molar-refractivity contribution in [3.8, 4) is 17.2 Å². The van der Waals surface area contributed by atoms with Crippen LogP contribution in [-0.2, 0) is 6.42 Å². The molecular weight excluding hydrogens is 399 g/mol. The fourth-order valence-electron chi connectivity index (χ4n) is 3.93. The zero-order chi connectivity index (χ0) is 19.8. The van der Waals surface area contributed by atoms with Gasteiger partial charge in [0.1, 0.15) is 5.75 Å². The van der Waals surface area contributed by atoms with Gasteiger partial charge in [-0.3, -0.25) is 4.57 Å². The Kier molecular flexibility index (Phi) is 5.17. The highest BCUT2D eigenvalue weighted by atomic mass is 35.5. The van der Waals surface area contributed by atoms with Gasteiger partial charge in [-0.25, -0.2) is 4.39 Å². The molecule has 4 nitrogen and oxygen atoms in total. The smallest absolute Gasteiger partial charge is 0.182 e. The number of imidazole rings is 1. The van der Waals surface area contributed by atoms with Crippen LogP contribution in [-0.4, -0.2) is 23.8 Å². The Hall–Kier alpha value is -2.31. The lowest BCUT2D eigenvalue weighted by Gasteiger charge is -2.25. The maximum Gasteiger partial charge on any atom is 0.182 e. The SMILES string of the molecule is COc1cc(-n2c3c([nH]c2=S)CCCC3c2ccc(Cl)c(OC)c2)ccc1F. The number of nitrogens with zero attached hydrogens (tertiary/aromatic N) is 1. The first-order chi connectivity index (χ1) is 13.5. The van der Waals surface area contributed by atoms with Crippen LogP contribution in [0.2, 0.25) is 5.02 Å². The molecule has 1 aliphatic carbocycles. The number of benzene rings is 2. The molecule has 2 aromatic carbocycles. The molecule has 1 atom stereocenters. The summed E-state index contributed by atoms with van der Waals surface area (Å²) in [4.78, 5) is 3.34. The molecule has 0 saturated carbocycles. The Morgan fingerprint density at radius 2 is 1.93 bits per heavy atom. The summed E-state index contributed by atoms with van der Waals surface area (Å²) < 4.78 is 27.1. The van der Waals surface area contributed by atoms with Crippen molar-refractivity contribution >= 4 is 23.8 Å². The number of hydrogen-bond acceptors (Lipinski definition) is 3. The quantitative estimate of drug-likeness (QED) is 0.543. The molecule has 1 unspecified atom stereocenters. The fourth-order valence-corrected chi connectivity index (χ4v) is 4.45. The van der Waals surface area contributed by atoms with Crippen LogP contribution in [0.1, 0.15) is 35.7 Å². The van der Waals surface area contributed by atoms with Crippen molar-refractivity contribution in [2.24, 2.45) is 0 Å². The number of aromatic amines is 1. The summed E-state index contributed by atoms with van der Waals surface area (Å²) in [6.07, 6.45) is 2.94. The number of halogens is 2. The van der Waals surface area contributed by atoms with Gasteiger partial charge in [0.05, 0.1) is 30.6 Å². The monoisotopic (exact) mass is 418 g/mol. The van der Waals surface area contributed by atoms with Gasteiger partial charge in [-0.15, -0.1) is 0 Å². The first-order valence-corrected chi connectivity index (χ1v) is 9.83. The number of rotatable bonds is 4.